The van der Waals surface area contributed by atoms with Crippen molar-refractivity contribution in [3.63, 3.8) is 0 Å². The van der Waals surface area contributed by atoms with E-state index in [4.69, 9.17) is 10.2 Å². The molecule has 0 saturated carbocycles. The van der Waals surface area contributed by atoms with E-state index in [2.05, 4.69) is 9.47 Å². The Hall–Kier alpha value is -2.39. The van der Waals surface area contributed by atoms with Gasteiger partial charge in [0.25, 0.3) is 5.76 Å². The number of aliphatic carboxylic acids is 1. The molecule has 0 aliphatic carbocycles. The molecule has 0 aromatic rings. The van der Waals surface area contributed by atoms with Crippen molar-refractivity contribution in [2.24, 2.45) is 0 Å². The van der Waals surface area contributed by atoms with Gasteiger partial charge in [-0.15, -0.1) is 0 Å². The van der Waals surface area contributed by atoms with Crippen molar-refractivity contribution in [1.29, 1.82) is 0 Å². The summed E-state index contributed by atoms with van der Waals surface area (Å²) in [5.41, 5.74) is 0. The lowest BCUT2D eigenvalue weighted by atomic mass is 10.2. The second-order valence-electron chi connectivity index (χ2n) is 3.38. The standard InChI is InChI=1S/C10H10O9/c11-3-4(12)8-7(16)9(10(17)19-8)18-6(15)2-1-5(13)14/h1-2,4,8,11-12,16H,3H2,(H,13,14)/b2-1-/t4-,8+/m0/s1. The minimum absolute atomic E-state index is 0.472. The SMILES string of the molecule is O=C(O)/C=C\C(=O)OC1=C(O)[C@@H]([C@@H](O)CO)OC1=O. The summed E-state index contributed by atoms with van der Waals surface area (Å²) in [6.45, 7) is -0.790. The van der Waals surface area contributed by atoms with Crippen molar-refractivity contribution in [3.05, 3.63) is 23.7 Å². The highest BCUT2D eigenvalue weighted by atomic mass is 16.6. The molecule has 9 nitrogen and oxygen atoms in total. The van der Waals surface area contributed by atoms with Crippen LogP contribution in [-0.4, -0.2) is 57.1 Å². The van der Waals surface area contributed by atoms with Gasteiger partial charge in [-0.25, -0.2) is 14.4 Å². The highest BCUT2D eigenvalue weighted by Gasteiger charge is 2.41. The predicted molar refractivity (Wildman–Crippen MR) is 55.5 cm³/mol. The first kappa shape index (κ1) is 14.7. The Morgan fingerprint density at radius 3 is 2.58 bits per heavy atom. The molecule has 1 rings (SSSR count). The molecular weight excluding hydrogens is 264 g/mol. The maximum absolute atomic E-state index is 11.2. The van der Waals surface area contributed by atoms with Crippen molar-refractivity contribution in [3.8, 4) is 0 Å². The highest BCUT2D eigenvalue weighted by molar-refractivity contribution is 5.96. The first-order valence-electron chi connectivity index (χ1n) is 4.92. The predicted octanol–water partition coefficient (Wildman–Crippen LogP) is -1.78. The molecule has 0 unspecified atom stereocenters. The highest BCUT2D eigenvalue weighted by Crippen LogP contribution is 2.24. The molecule has 0 bridgehead atoms. The number of carbonyl (C=O) groups excluding carboxylic acids is 2. The summed E-state index contributed by atoms with van der Waals surface area (Å²) in [5, 5.41) is 35.6. The Morgan fingerprint density at radius 1 is 1.42 bits per heavy atom. The smallest absolute Gasteiger partial charge is 0.378 e. The number of carbonyl (C=O) groups is 3. The van der Waals surface area contributed by atoms with Crippen LogP contribution < -0.4 is 0 Å². The zero-order valence-corrected chi connectivity index (χ0v) is 9.35. The average molecular weight is 274 g/mol. The van der Waals surface area contributed by atoms with Gasteiger partial charge in [-0.05, 0) is 0 Å². The van der Waals surface area contributed by atoms with Gasteiger partial charge in [0.2, 0.25) is 0 Å². The molecule has 0 aromatic carbocycles. The van der Waals surface area contributed by atoms with E-state index in [1.54, 1.807) is 0 Å². The Kier molecular flexibility index (Phi) is 4.62. The van der Waals surface area contributed by atoms with E-state index in [-0.39, 0.29) is 0 Å². The Balaban J connectivity index is 2.81. The van der Waals surface area contributed by atoms with Gasteiger partial charge < -0.3 is 29.9 Å². The van der Waals surface area contributed by atoms with Gasteiger partial charge in [-0.1, -0.05) is 0 Å². The first-order valence-corrected chi connectivity index (χ1v) is 4.92. The summed E-state index contributed by atoms with van der Waals surface area (Å²) >= 11 is 0. The molecule has 104 valence electrons. The fourth-order valence-electron chi connectivity index (χ4n) is 1.18. The van der Waals surface area contributed by atoms with Gasteiger partial charge in [0.15, 0.2) is 11.9 Å². The maximum Gasteiger partial charge on any atom is 0.378 e. The molecule has 0 fully saturated rings. The summed E-state index contributed by atoms with van der Waals surface area (Å²) in [4.78, 5) is 32.5. The van der Waals surface area contributed by atoms with Gasteiger partial charge in [0.05, 0.1) is 6.61 Å². The Bertz CT molecular complexity index is 462. The van der Waals surface area contributed by atoms with Crippen LogP contribution in [0.2, 0.25) is 0 Å². The molecule has 4 N–H and O–H groups in total. The van der Waals surface area contributed by atoms with Crippen LogP contribution in [0.3, 0.4) is 0 Å². The number of aliphatic hydroxyl groups is 3. The maximum atomic E-state index is 11.2. The Morgan fingerprint density at radius 2 is 2.05 bits per heavy atom. The summed E-state index contributed by atoms with van der Waals surface area (Å²) in [7, 11) is 0. The van der Waals surface area contributed by atoms with Gasteiger partial charge in [-0.2, -0.15) is 0 Å². The topological polar surface area (TPSA) is 151 Å². The van der Waals surface area contributed by atoms with Crippen LogP contribution >= 0.6 is 0 Å². The number of aliphatic hydroxyl groups excluding tert-OH is 3. The summed E-state index contributed by atoms with van der Waals surface area (Å²) in [6.07, 6.45) is -2.12. The van der Waals surface area contributed by atoms with E-state index in [1.165, 1.54) is 0 Å². The van der Waals surface area contributed by atoms with Crippen molar-refractivity contribution in [2.45, 2.75) is 12.2 Å². The molecule has 0 aromatic heterocycles. The van der Waals surface area contributed by atoms with Crippen LogP contribution in [-0.2, 0) is 23.9 Å². The van der Waals surface area contributed by atoms with E-state index in [1.807, 2.05) is 0 Å². The molecule has 0 saturated heterocycles. The van der Waals surface area contributed by atoms with E-state index in [0.29, 0.717) is 12.2 Å². The second kappa shape index (κ2) is 5.98. The number of esters is 2. The summed E-state index contributed by atoms with van der Waals surface area (Å²) < 4.78 is 8.86. The minimum Gasteiger partial charge on any atom is -0.505 e. The lowest BCUT2D eigenvalue weighted by molar-refractivity contribution is -0.151. The van der Waals surface area contributed by atoms with Crippen LogP contribution in [0.5, 0.6) is 0 Å². The third kappa shape index (κ3) is 3.53. The molecule has 0 spiro atoms. The van der Waals surface area contributed by atoms with Gasteiger partial charge >= 0.3 is 17.9 Å². The average Bonchev–Trinajstić information content (AvgIpc) is 2.63. The molecule has 1 heterocycles. The molecule has 0 amide bonds. The second-order valence-corrected chi connectivity index (χ2v) is 3.38. The molecular formula is C10H10O9. The molecule has 9 heteroatoms. The molecule has 1 aliphatic rings. The van der Waals surface area contributed by atoms with Crippen LogP contribution in [0.25, 0.3) is 0 Å². The summed E-state index contributed by atoms with van der Waals surface area (Å²) in [6, 6.07) is 0. The van der Waals surface area contributed by atoms with Gasteiger partial charge in [-0.3, -0.25) is 0 Å². The fourth-order valence-corrected chi connectivity index (χ4v) is 1.18. The number of rotatable bonds is 5. The van der Waals surface area contributed by atoms with E-state index in [0.717, 1.165) is 0 Å². The molecule has 19 heavy (non-hydrogen) atoms. The third-order valence-electron chi connectivity index (χ3n) is 2.02. The number of hydrogen-bond donors (Lipinski definition) is 4. The number of carboxylic acids is 1. The normalized spacial score (nSPS) is 20.5. The van der Waals surface area contributed by atoms with Crippen LogP contribution in [0.15, 0.2) is 23.7 Å². The number of carboxylic acid groups (broad SMARTS) is 1. The van der Waals surface area contributed by atoms with E-state index >= 15 is 0 Å². The number of cyclic esters (lactones) is 1. The van der Waals surface area contributed by atoms with Crippen LogP contribution in [0.4, 0.5) is 0 Å². The number of ether oxygens (including phenoxy) is 2. The van der Waals surface area contributed by atoms with Gasteiger partial charge in [0.1, 0.15) is 6.10 Å². The van der Waals surface area contributed by atoms with E-state index < -0.39 is 48.2 Å². The third-order valence-corrected chi connectivity index (χ3v) is 2.02. The van der Waals surface area contributed by atoms with Crippen molar-refractivity contribution < 1.29 is 44.3 Å². The monoisotopic (exact) mass is 274 g/mol. The lowest BCUT2D eigenvalue weighted by Crippen LogP contribution is -2.31. The Labute approximate surface area is 106 Å². The van der Waals surface area contributed by atoms with Crippen molar-refractivity contribution >= 4 is 17.9 Å². The molecule has 2 atom stereocenters. The van der Waals surface area contributed by atoms with Crippen molar-refractivity contribution in [2.75, 3.05) is 6.61 Å². The zero-order chi connectivity index (χ0) is 14.6. The first-order chi connectivity index (χ1) is 8.86. The van der Waals surface area contributed by atoms with Gasteiger partial charge in [0, 0.05) is 12.2 Å². The summed E-state index contributed by atoms with van der Waals surface area (Å²) in [5.74, 6) is -5.56. The quantitative estimate of drug-likeness (QED) is 0.337. The van der Waals surface area contributed by atoms with E-state index in [9.17, 15) is 24.6 Å². The lowest BCUT2D eigenvalue weighted by Gasteiger charge is -2.13. The number of hydrogen-bond acceptors (Lipinski definition) is 8. The zero-order valence-electron chi connectivity index (χ0n) is 9.35. The van der Waals surface area contributed by atoms with Crippen molar-refractivity contribution in [1.82, 2.24) is 0 Å². The van der Waals surface area contributed by atoms with Crippen LogP contribution in [0.1, 0.15) is 0 Å². The minimum atomic E-state index is -1.57. The largest absolute Gasteiger partial charge is 0.505 e. The fraction of sp³-hybridized carbons (Fsp3) is 0.300. The molecule has 0 radical (unpaired) electrons. The molecule has 1 aliphatic heterocycles. The van der Waals surface area contributed by atoms with Crippen LogP contribution in [0, 0.1) is 0 Å².